The van der Waals surface area contributed by atoms with Crippen molar-refractivity contribution in [2.24, 2.45) is 0 Å². The third kappa shape index (κ3) is 7.31. The van der Waals surface area contributed by atoms with E-state index in [1.807, 2.05) is 0 Å². The summed E-state index contributed by atoms with van der Waals surface area (Å²) in [6.45, 7) is 25.2. The van der Waals surface area contributed by atoms with E-state index in [0.717, 1.165) is 0 Å². The van der Waals surface area contributed by atoms with Crippen LogP contribution in [-0.2, 0) is 38.4 Å². The van der Waals surface area contributed by atoms with E-state index >= 15 is 0 Å². The summed E-state index contributed by atoms with van der Waals surface area (Å²) in [5.74, 6) is 0. The van der Waals surface area contributed by atoms with Gasteiger partial charge in [0.25, 0.3) is 0 Å². The topological polar surface area (TPSA) is 56.4 Å². The molecule has 0 aromatic heterocycles. The molecule has 2 aromatic carbocycles. The second-order valence-corrected chi connectivity index (χ2v) is 6.25. The first-order valence-corrected chi connectivity index (χ1v) is 7.92. The van der Waals surface area contributed by atoms with E-state index < -0.39 is 0 Å². The third-order valence-electron chi connectivity index (χ3n) is 5.62. The zero-order chi connectivity index (χ0) is 19.8. The summed E-state index contributed by atoms with van der Waals surface area (Å²) in [7, 11) is 0. The van der Waals surface area contributed by atoms with Crippen LogP contribution in [0.5, 0.6) is 0 Å². The van der Waals surface area contributed by atoms with Crippen molar-refractivity contribution in [2.75, 3.05) is 0 Å². The molecule has 2 aromatic rings. The SMILES string of the molecule is C[c-]1[c-](C)[c-](C)[c-](C)[c-]1C.Cc1c(C)c(C)[c-](C)c1C.[CH-]=O.[Co].[Co].[N-]=O. The van der Waals surface area contributed by atoms with E-state index in [9.17, 15) is 0 Å². The van der Waals surface area contributed by atoms with Crippen LogP contribution < -0.4 is 0 Å². The molecular weight excluding hydrogens is 416 g/mol. The van der Waals surface area contributed by atoms with Gasteiger partial charge in [-0.05, 0) is 0 Å². The van der Waals surface area contributed by atoms with Crippen molar-refractivity contribution in [3.63, 3.8) is 0 Å². The molecule has 0 aliphatic heterocycles. The van der Waals surface area contributed by atoms with E-state index in [1.54, 1.807) is 0 Å². The predicted octanol–water partition coefficient (Wildman–Crippen LogP) is 5.94. The maximum Gasteiger partial charge on any atom is 0 e. The maximum atomic E-state index is 7.75. The molecule has 0 bridgehead atoms. The summed E-state index contributed by atoms with van der Waals surface area (Å²) in [5.41, 5.74) is 20.4. The summed E-state index contributed by atoms with van der Waals surface area (Å²) in [6.07, 6.45) is 0. The first-order valence-electron chi connectivity index (χ1n) is 7.92. The number of hydrogen-bond acceptors (Lipinski definition) is 2. The standard InChI is InChI=1S/2C10H15.CHO.2Co.NO/c2*1-6-7(2)9(4)10(5)8(6)3;1-2;;;1-2/h2*1-5H3;1H;;;/q-5;2*-1;;;-1. The molecule has 0 fully saturated rings. The van der Waals surface area contributed by atoms with Crippen LogP contribution in [0.25, 0.3) is 5.59 Å². The van der Waals surface area contributed by atoms with Crippen LogP contribution in [-0.4, -0.2) is 6.79 Å². The van der Waals surface area contributed by atoms with Crippen molar-refractivity contribution in [1.82, 2.24) is 0 Å². The molecule has 0 N–H and O–H groups in total. The Labute approximate surface area is 180 Å². The number of hydrogen-bond donors (Lipinski definition) is 0. The van der Waals surface area contributed by atoms with Gasteiger partial charge in [0.15, 0.2) is 0 Å². The van der Waals surface area contributed by atoms with Crippen LogP contribution in [0.15, 0.2) is 0 Å². The second kappa shape index (κ2) is 15.1. The molecule has 5 heteroatoms. The predicted molar refractivity (Wildman–Crippen MR) is 105 cm³/mol. The van der Waals surface area contributed by atoms with Gasteiger partial charge in [-0.15, -0.1) is 0 Å². The van der Waals surface area contributed by atoms with Gasteiger partial charge in [0.1, 0.15) is 0 Å². The van der Waals surface area contributed by atoms with Crippen molar-refractivity contribution >= 4 is 6.79 Å². The molecule has 2 rings (SSSR count). The molecule has 0 heterocycles. The van der Waals surface area contributed by atoms with E-state index in [0.29, 0.717) is 0 Å². The quantitative estimate of drug-likeness (QED) is 0.371. The van der Waals surface area contributed by atoms with Crippen molar-refractivity contribution in [2.45, 2.75) is 69.2 Å². The molecule has 3 nitrogen and oxygen atoms in total. The van der Waals surface area contributed by atoms with E-state index in [1.165, 1.54) is 55.6 Å². The third-order valence-corrected chi connectivity index (χ3v) is 5.62. The Hall–Kier alpha value is -1.02. The molecule has 0 aliphatic carbocycles. The van der Waals surface area contributed by atoms with Crippen LogP contribution in [0.3, 0.4) is 0 Å². The van der Waals surface area contributed by atoms with Crippen LogP contribution in [0.4, 0.5) is 0 Å². The first-order chi connectivity index (χ1) is 11.1. The van der Waals surface area contributed by atoms with Gasteiger partial charge >= 0.3 is 0 Å². The first kappa shape index (κ1) is 32.6. The van der Waals surface area contributed by atoms with Crippen LogP contribution >= 0.6 is 0 Å². The minimum Gasteiger partial charge on any atom is -0.731 e. The second-order valence-electron chi connectivity index (χ2n) is 6.25. The van der Waals surface area contributed by atoms with Gasteiger partial charge in [0.2, 0.25) is 0 Å². The van der Waals surface area contributed by atoms with E-state index in [4.69, 9.17) is 15.3 Å². The molecule has 26 heavy (non-hydrogen) atoms. The largest absolute Gasteiger partial charge is 0.731 e. The molecule has 0 spiro atoms. The summed E-state index contributed by atoms with van der Waals surface area (Å²) in [6, 6.07) is 0. The fourth-order valence-electron chi connectivity index (χ4n) is 2.81. The van der Waals surface area contributed by atoms with E-state index in [2.05, 4.69) is 76.0 Å². The van der Waals surface area contributed by atoms with E-state index in [-0.39, 0.29) is 33.6 Å². The van der Waals surface area contributed by atoms with Gasteiger partial charge in [0, 0.05) is 33.6 Å². The summed E-state index contributed by atoms with van der Waals surface area (Å²) >= 11 is 0. The zero-order valence-electron chi connectivity index (χ0n) is 17.5. The van der Waals surface area contributed by atoms with Gasteiger partial charge in [-0.3, -0.25) is 6.79 Å². The van der Waals surface area contributed by atoms with Crippen molar-refractivity contribution in [3.8, 4) is 0 Å². The summed E-state index contributed by atoms with van der Waals surface area (Å²) in [4.78, 5) is 15.0. The average Bonchev–Trinajstić information content (AvgIpc) is 2.89. The molecule has 0 saturated heterocycles. The number of nitroso groups, excluding NO2 is 1. The minimum atomic E-state index is 0. The fraction of sp³-hybridized carbons (Fsp3) is 0.476. The number of rotatable bonds is 0. The molecule has 0 atom stereocenters. The average molecular weight is 447 g/mol. The molecule has 0 aliphatic rings. The smallest absolute Gasteiger partial charge is 0 e. The Morgan fingerprint density at radius 1 is 0.577 bits per heavy atom. The molecule has 2 radical (unpaired) electrons. The van der Waals surface area contributed by atoms with Crippen LogP contribution in [0, 0.1) is 74.1 Å². The maximum absolute atomic E-state index is 7.75. The van der Waals surface area contributed by atoms with Crippen molar-refractivity contribution < 1.29 is 38.4 Å². The molecular formula is C21H31Co2NO2-8. The van der Waals surface area contributed by atoms with Gasteiger partial charge < -0.3 is 43.1 Å². The Kier molecular flexibility index (Phi) is 18.9. The summed E-state index contributed by atoms with van der Waals surface area (Å²) in [5, 5.41) is 0. The van der Waals surface area contributed by atoms with Crippen molar-refractivity contribution in [1.29, 1.82) is 0 Å². The molecule has 0 unspecified atom stereocenters. The fourth-order valence-corrected chi connectivity index (χ4v) is 2.81. The molecule has 0 saturated carbocycles. The normalized spacial score (nSPS) is 8.38. The van der Waals surface area contributed by atoms with Gasteiger partial charge in [-0.1, -0.05) is 34.6 Å². The summed E-state index contributed by atoms with van der Waals surface area (Å²) < 4.78 is 0. The van der Waals surface area contributed by atoms with Gasteiger partial charge in [-0.25, -0.2) is 34.6 Å². The number of nitrogens with zero attached hydrogens (tertiary/aromatic N) is 1. The number of carbonyl (C=O) groups excluding carboxylic acids is 1. The zero-order valence-corrected chi connectivity index (χ0v) is 19.6. The Morgan fingerprint density at radius 3 is 0.808 bits per heavy atom. The molecule has 0 amide bonds. The van der Waals surface area contributed by atoms with Gasteiger partial charge in [0.05, 0.1) is 0 Å². The Balaban J connectivity index is -0.000000147. The molecule has 158 valence electrons. The van der Waals surface area contributed by atoms with Gasteiger partial charge in [-0.2, -0.15) is 27.8 Å². The van der Waals surface area contributed by atoms with Crippen LogP contribution in [0.2, 0.25) is 0 Å². The Morgan fingerprint density at radius 2 is 0.731 bits per heavy atom. The monoisotopic (exact) mass is 447 g/mol. The van der Waals surface area contributed by atoms with Crippen LogP contribution in [0.1, 0.15) is 55.6 Å². The minimum absolute atomic E-state index is 0. The van der Waals surface area contributed by atoms with Crippen molar-refractivity contribution in [3.05, 3.63) is 66.1 Å². The Bertz CT molecular complexity index is 452.